The molecule has 0 bridgehead atoms. The van der Waals surface area contributed by atoms with Crippen LogP contribution in [0.15, 0.2) is 11.7 Å². The van der Waals surface area contributed by atoms with E-state index in [1.54, 1.807) is 11.3 Å². The van der Waals surface area contributed by atoms with Crippen molar-refractivity contribution in [1.29, 1.82) is 0 Å². The van der Waals surface area contributed by atoms with Crippen molar-refractivity contribution in [1.82, 2.24) is 15.2 Å². The molecule has 1 saturated carbocycles. The standard InChI is InChI=1S/C17H29N3S/c1-3-14(2)16-11-20(10-15-9-18-13-21-15)17(12-19-16)7-5-4-6-8-17/h9,13-14,16,19H,3-8,10-12H2,1-2H3. The van der Waals surface area contributed by atoms with E-state index in [1.165, 1.54) is 56.5 Å². The molecule has 2 fully saturated rings. The van der Waals surface area contributed by atoms with Crippen molar-refractivity contribution < 1.29 is 0 Å². The van der Waals surface area contributed by atoms with Crippen molar-refractivity contribution in [2.75, 3.05) is 13.1 Å². The Balaban J connectivity index is 1.76. The number of thiazole rings is 1. The average molecular weight is 308 g/mol. The highest BCUT2D eigenvalue weighted by atomic mass is 32.1. The highest BCUT2D eigenvalue weighted by Crippen LogP contribution is 2.37. The Labute approximate surface area is 133 Å². The zero-order valence-corrected chi connectivity index (χ0v) is 14.3. The zero-order valence-electron chi connectivity index (χ0n) is 13.5. The van der Waals surface area contributed by atoms with Crippen LogP contribution in [0.3, 0.4) is 0 Å². The van der Waals surface area contributed by atoms with Gasteiger partial charge in [-0.1, -0.05) is 39.5 Å². The van der Waals surface area contributed by atoms with Crippen LogP contribution < -0.4 is 5.32 Å². The molecule has 2 unspecified atom stereocenters. The number of hydrogen-bond acceptors (Lipinski definition) is 4. The molecular weight excluding hydrogens is 278 g/mol. The fourth-order valence-electron chi connectivity index (χ4n) is 4.04. The lowest BCUT2D eigenvalue weighted by molar-refractivity contribution is -0.00520. The van der Waals surface area contributed by atoms with Crippen molar-refractivity contribution >= 4 is 11.3 Å². The van der Waals surface area contributed by atoms with Gasteiger partial charge < -0.3 is 5.32 Å². The fourth-order valence-corrected chi connectivity index (χ4v) is 4.65. The summed E-state index contributed by atoms with van der Waals surface area (Å²) in [6.45, 7) is 8.18. The molecule has 0 radical (unpaired) electrons. The van der Waals surface area contributed by atoms with Crippen LogP contribution >= 0.6 is 11.3 Å². The summed E-state index contributed by atoms with van der Waals surface area (Å²) in [6.07, 6.45) is 10.3. The van der Waals surface area contributed by atoms with Crippen LogP contribution in [0.4, 0.5) is 0 Å². The van der Waals surface area contributed by atoms with Gasteiger partial charge in [0.25, 0.3) is 0 Å². The van der Waals surface area contributed by atoms with Gasteiger partial charge >= 0.3 is 0 Å². The van der Waals surface area contributed by atoms with Gasteiger partial charge in [-0.25, -0.2) is 0 Å². The molecule has 2 aliphatic rings. The molecule has 1 aromatic rings. The maximum Gasteiger partial charge on any atom is 0.0794 e. The molecule has 3 rings (SSSR count). The van der Waals surface area contributed by atoms with E-state index in [4.69, 9.17) is 0 Å². The highest BCUT2D eigenvalue weighted by Gasteiger charge is 2.42. The first-order chi connectivity index (χ1) is 10.2. The number of piperazine rings is 1. The number of nitrogens with zero attached hydrogens (tertiary/aromatic N) is 2. The predicted octanol–water partition coefficient (Wildman–Crippen LogP) is 3.67. The lowest BCUT2D eigenvalue weighted by Crippen LogP contribution is -2.65. The number of hydrogen-bond donors (Lipinski definition) is 1. The molecule has 21 heavy (non-hydrogen) atoms. The van der Waals surface area contributed by atoms with Crippen molar-refractivity contribution in [3.63, 3.8) is 0 Å². The Bertz CT molecular complexity index is 425. The molecule has 1 aromatic heterocycles. The summed E-state index contributed by atoms with van der Waals surface area (Å²) in [5, 5.41) is 3.89. The van der Waals surface area contributed by atoms with Crippen LogP contribution in [0.25, 0.3) is 0 Å². The highest BCUT2D eigenvalue weighted by molar-refractivity contribution is 7.09. The van der Waals surface area contributed by atoms with Gasteiger partial charge in [-0.2, -0.15) is 0 Å². The van der Waals surface area contributed by atoms with Crippen LogP contribution in [0.2, 0.25) is 0 Å². The summed E-state index contributed by atoms with van der Waals surface area (Å²) in [6, 6.07) is 0.649. The molecular formula is C17H29N3S. The Morgan fingerprint density at radius 3 is 2.90 bits per heavy atom. The molecule has 2 heterocycles. The first kappa shape index (κ1) is 15.4. The molecule has 0 aromatic carbocycles. The molecule has 1 aliphatic carbocycles. The summed E-state index contributed by atoms with van der Waals surface area (Å²) in [4.78, 5) is 8.49. The van der Waals surface area contributed by atoms with E-state index >= 15 is 0 Å². The average Bonchev–Trinajstić information content (AvgIpc) is 3.03. The number of nitrogens with one attached hydrogen (secondary N) is 1. The summed E-state index contributed by atoms with van der Waals surface area (Å²) in [5.74, 6) is 0.759. The second kappa shape index (κ2) is 6.76. The first-order valence-electron chi connectivity index (χ1n) is 8.59. The molecule has 3 nitrogen and oxygen atoms in total. The lowest BCUT2D eigenvalue weighted by Gasteiger charge is -2.53. The minimum atomic E-state index is 0.409. The van der Waals surface area contributed by atoms with Crippen molar-refractivity contribution in [2.24, 2.45) is 5.92 Å². The minimum Gasteiger partial charge on any atom is -0.311 e. The largest absolute Gasteiger partial charge is 0.311 e. The van der Waals surface area contributed by atoms with Crippen molar-refractivity contribution in [2.45, 2.75) is 70.5 Å². The van der Waals surface area contributed by atoms with E-state index in [0.717, 1.165) is 12.5 Å². The van der Waals surface area contributed by atoms with Crippen LogP contribution in [0.1, 0.15) is 57.2 Å². The van der Waals surface area contributed by atoms with Crippen LogP contribution in [-0.4, -0.2) is 34.6 Å². The summed E-state index contributed by atoms with van der Waals surface area (Å²) in [5.41, 5.74) is 2.38. The van der Waals surface area contributed by atoms with Gasteiger partial charge in [0.15, 0.2) is 0 Å². The quantitative estimate of drug-likeness (QED) is 0.920. The molecule has 1 saturated heterocycles. The molecule has 118 valence electrons. The molecule has 1 N–H and O–H groups in total. The second-order valence-electron chi connectivity index (χ2n) is 7.01. The zero-order chi connectivity index (χ0) is 14.7. The second-order valence-corrected chi connectivity index (χ2v) is 7.98. The maximum absolute atomic E-state index is 4.27. The molecule has 1 spiro atoms. The van der Waals surface area contributed by atoms with Gasteiger partial charge in [0.2, 0.25) is 0 Å². The smallest absolute Gasteiger partial charge is 0.0794 e. The van der Waals surface area contributed by atoms with Crippen molar-refractivity contribution in [3.8, 4) is 0 Å². The summed E-state index contributed by atoms with van der Waals surface area (Å²) >= 11 is 1.81. The molecule has 1 aliphatic heterocycles. The third-order valence-corrected chi connectivity index (χ3v) is 6.49. The fraction of sp³-hybridized carbons (Fsp3) is 0.824. The monoisotopic (exact) mass is 307 g/mol. The third-order valence-electron chi connectivity index (χ3n) is 5.73. The summed E-state index contributed by atoms with van der Waals surface area (Å²) < 4.78 is 0. The van der Waals surface area contributed by atoms with Crippen LogP contribution in [0.5, 0.6) is 0 Å². The third kappa shape index (κ3) is 3.33. The van der Waals surface area contributed by atoms with Gasteiger partial charge in [-0.05, 0) is 18.8 Å². The van der Waals surface area contributed by atoms with Crippen LogP contribution in [0, 0.1) is 5.92 Å². The van der Waals surface area contributed by atoms with E-state index in [0.29, 0.717) is 11.6 Å². The summed E-state index contributed by atoms with van der Waals surface area (Å²) in [7, 11) is 0. The van der Waals surface area contributed by atoms with Crippen molar-refractivity contribution in [3.05, 3.63) is 16.6 Å². The number of rotatable bonds is 4. The maximum atomic E-state index is 4.27. The lowest BCUT2D eigenvalue weighted by atomic mass is 9.77. The number of aromatic nitrogens is 1. The first-order valence-corrected chi connectivity index (χ1v) is 9.47. The van der Waals surface area contributed by atoms with Gasteiger partial charge in [-0.15, -0.1) is 11.3 Å². The van der Waals surface area contributed by atoms with E-state index in [-0.39, 0.29) is 0 Å². The SMILES string of the molecule is CCC(C)C1CN(Cc2cncs2)C2(CCCCC2)CN1. The Kier molecular flexibility index (Phi) is 4.97. The molecule has 4 heteroatoms. The molecule has 2 atom stereocenters. The Hall–Kier alpha value is -0.450. The van der Waals surface area contributed by atoms with E-state index < -0.39 is 0 Å². The topological polar surface area (TPSA) is 28.2 Å². The van der Waals surface area contributed by atoms with E-state index in [9.17, 15) is 0 Å². The van der Waals surface area contributed by atoms with Crippen LogP contribution in [-0.2, 0) is 6.54 Å². The van der Waals surface area contributed by atoms with Gasteiger partial charge in [0.1, 0.15) is 0 Å². The normalized spacial score (nSPS) is 27.8. The van der Waals surface area contributed by atoms with Gasteiger partial charge in [0.05, 0.1) is 5.51 Å². The van der Waals surface area contributed by atoms with Gasteiger partial charge in [0, 0.05) is 42.3 Å². The van der Waals surface area contributed by atoms with E-state index in [1.807, 2.05) is 5.51 Å². The van der Waals surface area contributed by atoms with Gasteiger partial charge in [-0.3, -0.25) is 9.88 Å². The Morgan fingerprint density at radius 2 is 2.24 bits per heavy atom. The minimum absolute atomic E-state index is 0.409. The van der Waals surface area contributed by atoms with E-state index in [2.05, 4.69) is 35.2 Å². The Morgan fingerprint density at radius 1 is 1.43 bits per heavy atom. The molecule has 0 amide bonds. The predicted molar refractivity (Wildman–Crippen MR) is 89.6 cm³/mol.